The third-order valence-corrected chi connectivity index (χ3v) is 8.49. The number of thiophene rings is 1. The molecule has 0 spiro atoms. The summed E-state index contributed by atoms with van der Waals surface area (Å²) in [6.45, 7) is 5.03. The van der Waals surface area contributed by atoms with Crippen LogP contribution in [-0.4, -0.2) is 47.0 Å². The van der Waals surface area contributed by atoms with Gasteiger partial charge in [0.05, 0.1) is 28.9 Å². The largest absolute Gasteiger partial charge is 0.495 e. The van der Waals surface area contributed by atoms with Crippen molar-refractivity contribution in [2.75, 3.05) is 35.7 Å². The summed E-state index contributed by atoms with van der Waals surface area (Å²) in [7, 11) is 1.52. The lowest BCUT2D eigenvalue weighted by Crippen LogP contribution is -2.35. The van der Waals surface area contributed by atoms with Crippen LogP contribution in [0.25, 0.3) is 10.2 Å². The quantitative estimate of drug-likeness (QED) is 0.275. The van der Waals surface area contributed by atoms with E-state index in [0.29, 0.717) is 48.7 Å². The number of hydrogen-bond acceptors (Lipinski definition) is 7. The van der Waals surface area contributed by atoms with Gasteiger partial charge in [-0.05, 0) is 62.2 Å². The lowest BCUT2D eigenvalue weighted by atomic mass is 10.1. The van der Waals surface area contributed by atoms with Crippen LogP contribution in [0, 0.1) is 6.92 Å². The predicted octanol–water partition coefficient (Wildman–Crippen LogP) is 6.58. The second-order valence-electron chi connectivity index (χ2n) is 9.71. The van der Waals surface area contributed by atoms with Crippen molar-refractivity contribution < 1.29 is 14.3 Å². The van der Waals surface area contributed by atoms with Gasteiger partial charge in [-0.15, -0.1) is 11.3 Å². The number of rotatable bonds is 6. The Morgan fingerprint density at radius 1 is 1.15 bits per heavy atom. The maximum absolute atomic E-state index is 13.4. The zero-order chi connectivity index (χ0) is 27.1. The first-order valence-corrected chi connectivity index (χ1v) is 14.0. The first-order valence-electron chi connectivity index (χ1n) is 12.8. The Labute approximate surface area is 234 Å². The number of urea groups is 1. The summed E-state index contributed by atoms with van der Waals surface area (Å²) < 4.78 is 5.37. The van der Waals surface area contributed by atoms with E-state index < -0.39 is 6.03 Å². The van der Waals surface area contributed by atoms with Crippen molar-refractivity contribution in [3.63, 3.8) is 0 Å². The predicted molar refractivity (Wildman–Crippen MR) is 155 cm³/mol. The fraction of sp³-hybridized carbons (Fsp3) is 0.286. The molecular weight excluding hydrogens is 536 g/mol. The minimum absolute atomic E-state index is 0.319. The van der Waals surface area contributed by atoms with Gasteiger partial charge in [0, 0.05) is 18.3 Å². The van der Waals surface area contributed by atoms with Crippen molar-refractivity contribution in [1.82, 2.24) is 14.9 Å². The van der Waals surface area contributed by atoms with Crippen molar-refractivity contribution >= 4 is 68.0 Å². The van der Waals surface area contributed by atoms with Crippen LogP contribution in [-0.2, 0) is 6.54 Å². The lowest BCUT2D eigenvalue weighted by molar-refractivity contribution is 0.103. The summed E-state index contributed by atoms with van der Waals surface area (Å²) >= 11 is 7.49. The smallest absolute Gasteiger partial charge is 0.332 e. The van der Waals surface area contributed by atoms with Crippen molar-refractivity contribution in [2.45, 2.75) is 32.7 Å². The molecule has 6 rings (SSSR count). The molecular formula is C28H27ClN6O3S. The number of aryl methyl sites for hydroxylation is 1. The molecule has 4 heterocycles. The Kier molecular flexibility index (Phi) is 6.84. The Balaban J connectivity index is 1.29. The number of hydrogen-bond donors (Lipinski definition) is 2. The number of carbonyl (C=O) groups is 2. The summed E-state index contributed by atoms with van der Waals surface area (Å²) in [6, 6.07) is 10.9. The van der Waals surface area contributed by atoms with Crippen LogP contribution >= 0.6 is 22.9 Å². The molecule has 1 saturated heterocycles. The fourth-order valence-corrected chi connectivity index (χ4v) is 6.43. The van der Waals surface area contributed by atoms with E-state index in [0.717, 1.165) is 25.2 Å². The molecule has 2 aliphatic heterocycles. The molecule has 39 heavy (non-hydrogen) atoms. The molecule has 2 aliphatic rings. The van der Waals surface area contributed by atoms with Gasteiger partial charge in [0.15, 0.2) is 5.82 Å². The summed E-state index contributed by atoms with van der Waals surface area (Å²) in [4.78, 5) is 40.5. The molecule has 2 N–H and O–H groups in total. The third-order valence-electron chi connectivity index (χ3n) is 7.10. The number of ether oxygens (including phenoxy) is 1. The van der Waals surface area contributed by atoms with Crippen molar-refractivity contribution in [1.29, 1.82) is 0 Å². The summed E-state index contributed by atoms with van der Waals surface area (Å²) in [6.07, 6.45) is 5.20. The highest BCUT2D eigenvalue weighted by Crippen LogP contribution is 2.46. The maximum Gasteiger partial charge on any atom is 0.332 e. The zero-order valence-electron chi connectivity index (χ0n) is 21.6. The molecule has 200 valence electrons. The highest BCUT2D eigenvalue weighted by molar-refractivity contribution is 7.21. The number of aromatic nitrogens is 2. The molecule has 3 amide bonds. The van der Waals surface area contributed by atoms with Crippen LogP contribution in [0.4, 0.5) is 27.7 Å². The molecule has 0 aliphatic carbocycles. The summed E-state index contributed by atoms with van der Waals surface area (Å²) in [5, 5.41) is 6.92. The van der Waals surface area contributed by atoms with Crippen molar-refractivity contribution in [3.05, 3.63) is 63.8 Å². The average Bonchev–Trinajstić information content (AvgIpc) is 3.31. The number of anilines is 4. The van der Waals surface area contributed by atoms with E-state index in [1.54, 1.807) is 12.1 Å². The number of methoxy groups -OCH3 is 1. The number of nitrogens with one attached hydrogen (secondary N) is 2. The number of piperidine rings is 1. The molecule has 1 fully saturated rings. The van der Waals surface area contributed by atoms with Crippen LogP contribution in [0.5, 0.6) is 5.75 Å². The molecule has 0 unspecified atom stereocenters. The van der Waals surface area contributed by atoms with E-state index in [2.05, 4.69) is 25.5 Å². The minimum Gasteiger partial charge on any atom is -0.495 e. The molecule has 0 bridgehead atoms. The number of carbonyl (C=O) groups excluding carboxylic acids is 2. The Hall–Kier alpha value is -3.73. The van der Waals surface area contributed by atoms with Crippen molar-refractivity contribution in [2.24, 2.45) is 0 Å². The minimum atomic E-state index is -0.440. The van der Waals surface area contributed by atoms with Crippen molar-refractivity contribution in [3.8, 4) is 5.75 Å². The van der Waals surface area contributed by atoms with Gasteiger partial charge in [-0.3, -0.25) is 9.69 Å². The van der Waals surface area contributed by atoms with Gasteiger partial charge in [0.2, 0.25) is 0 Å². The van der Waals surface area contributed by atoms with Gasteiger partial charge < -0.3 is 15.4 Å². The molecule has 11 heteroatoms. The number of amides is 3. The average molecular weight is 563 g/mol. The molecule has 4 aromatic rings. The lowest BCUT2D eigenvalue weighted by Gasteiger charge is -2.28. The third kappa shape index (κ3) is 4.80. The van der Waals surface area contributed by atoms with E-state index >= 15 is 0 Å². The van der Waals surface area contributed by atoms with Crippen LogP contribution in [0.15, 0.2) is 42.7 Å². The van der Waals surface area contributed by atoms with Gasteiger partial charge in [-0.25, -0.2) is 19.7 Å². The van der Waals surface area contributed by atoms with Gasteiger partial charge in [0.25, 0.3) is 5.91 Å². The summed E-state index contributed by atoms with van der Waals surface area (Å²) in [5.74, 6) is 0.512. The molecule has 0 atom stereocenters. The Morgan fingerprint density at radius 3 is 2.67 bits per heavy atom. The maximum atomic E-state index is 13.4. The normalized spacial score (nSPS) is 15.4. The van der Waals surface area contributed by atoms with Gasteiger partial charge in [-0.2, -0.15) is 0 Å². The standard InChI is InChI=1S/C28H27ClN6O3S/c1-16-12-19(29)21(38-2)13-20(16)35-25-22-23(33-28(35)37)24(39-27(22)31-15-30-25)26(36)32-18-8-6-17(7-9-18)14-34-10-4-3-5-11-34/h6-9,12-13,15H,3-5,10-11,14H2,1-2H3,(H,32,36)(H,33,37). The van der Waals surface area contributed by atoms with Crippen LogP contribution in [0.1, 0.15) is 40.1 Å². The van der Waals surface area contributed by atoms with Gasteiger partial charge >= 0.3 is 6.03 Å². The van der Waals surface area contributed by atoms with E-state index in [1.807, 2.05) is 31.2 Å². The second-order valence-corrected chi connectivity index (χ2v) is 11.1. The van der Waals surface area contributed by atoms with E-state index in [4.69, 9.17) is 16.3 Å². The number of benzene rings is 2. The van der Waals surface area contributed by atoms with Crippen LogP contribution in [0.3, 0.4) is 0 Å². The topological polar surface area (TPSA) is 99.7 Å². The monoisotopic (exact) mass is 562 g/mol. The molecule has 2 aromatic heterocycles. The number of nitrogens with zero attached hydrogens (tertiary/aromatic N) is 4. The van der Waals surface area contributed by atoms with Gasteiger partial charge in [-0.1, -0.05) is 30.2 Å². The summed E-state index contributed by atoms with van der Waals surface area (Å²) in [5.41, 5.74) is 3.65. The first kappa shape index (κ1) is 25.5. The molecule has 9 nitrogen and oxygen atoms in total. The first-order chi connectivity index (χ1) is 18.9. The highest BCUT2D eigenvalue weighted by atomic mass is 35.5. The van der Waals surface area contributed by atoms with Crippen LogP contribution < -0.4 is 20.3 Å². The second kappa shape index (κ2) is 10.4. The zero-order valence-corrected chi connectivity index (χ0v) is 23.2. The highest BCUT2D eigenvalue weighted by Gasteiger charge is 2.34. The van der Waals surface area contributed by atoms with Gasteiger partial charge in [0.1, 0.15) is 21.8 Å². The number of halogens is 1. The van der Waals surface area contributed by atoms with Crippen LogP contribution in [0.2, 0.25) is 5.02 Å². The molecule has 2 aromatic carbocycles. The van der Waals surface area contributed by atoms with E-state index in [9.17, 15) is 9.59 Å². The molecule has 0 saturated carbocycles. The SMILES string of the molecule is COc1cc(N2C(=O)Nc3c(C(=O)Nc4ccc(CN5CCCCC5)cc4)sc4ncnc2c34)c(C)cc1Cl. The molecule has 0 radical (unpaired) electrons. The Bertz CT molecular complexity index is 1580. The van der Waals surface area contributed by atoms with E-state index in [1.165, 1.54) is 54.5 Å². The number of likely N-dealkylation sites (tertiary alicyclic amines) is 1. The Morgan fingerprint density at radius 2 is 1.92 bits per heavy atom. The fourth-order valence-electron chi connectivity index (χ4n) is 5.15. The van der Waals surface area contributed by atoms with E-state index in [-0.39, 0.29) is 5.91 Å².